The van der Waals surface area contributed by atoms with Gasteiger partial charge in [-0.05, 0) is 51.2 Å². The molecule has 1 fully saturated rings. The highest BCUT2D eigenvalue weighted by molar-refractivity contribution is 6.71. The molecule has 0 aromatic heterocycles. The van der Waals surface area contributed by atoms with E-state index in [1.54, 1.807) is 0 Å². The first-order chi connectivity index (χ1) is 10.6. The van der Waals surface area contributed by atoms with Crippen LogP contribution in [-0.4, -0.2) is 59.1 Å². The number of hydrogen-bond donors (Lipinski definition) is 0. The summed E-state index contributed by atoms with van der Waals surface area (Å²) in [6.45, 7) is 9.02. The summed E-state index contributed by atoms with van der Waals surface area (Å²) in [4.78, 5) is 2.64. The number of methoxy groups -OCH3 is 1. The molecule has 0 spiro atoms. The second-order valence-electron chi connectivity index (χ2n) is 6.45. The van der Waals surface area contributed by atoms with Gasteiger partial charge in [-0.1, -0.05) is 27.2 Å². The monoisotopic (exact) mass is 331 g/mol. The molecular formula is C17H37NO3Si. The van der Waals surface area contributed by atoms with Crippen molar-refractivity contribution < 1.29 is 13.6 Å². The van der Waals surface area contributed by atoms with Crippen LogP contribution in [0.3, 0.4) is 0 Å². The fourth-order valence-electron chi connectivity index (χ4n) is 4.46. The van der Waals surface area contributed by atoms with Crippen LogP contribution in [0.1, 0.15) is 59.3 Å². The van der Waals surface area contributed by atoms with Gasteiger partial charge in [-0.15, -0.1) is 0 Å². The minimum absolute atomic E-state index is 0.256. The van der Waals surface area contributed by atoms with Gasteiger partial charge in [-0.3, -0.25) is 4.90 Å². The summed E-state index contributed by atoms with van der Waals surface area (Å²) in [5, 5.41) is -0.256. The molecule has 1 aliphatic heterocycles. The van der Waals surface area contributed by atoms with Crippen LogP contribution in [0.15, 0.2) is 0 Å². The molecule has 2 atom stereocenters. The molecule has 4 nitrogen and oxygen atoms in total. The Bertz CT molecular complexity index is 306. The molecule has 22 heavy (non-hydrogen) atoms. The number of rotatable bonds is 10. The van der Waals surface area contributed by atoms with Gasteiger partial charge in [0.25, 0.3) is 0 Å². The molecule has 2 unspecified atom stereocenters. The van der Waals surface area contributed by atoms with E-state index in [0.29, 0.717) is 6.04 Å². The topological polar surface area (TPSA) is 30.9 Å². The maximum Gasteiger partial charge on any atom is 0.372 e. The maximum atomic E-state index is 6.27. The van der Waals surface area contributed by atoms with E-state index in [9.17, 15) is 0 Å². The first-order valence-corrected chi connectivity index (χ1v) is 11.0. The molecule has 0 saturated carbocycles. The predicted octanol–water partition coefficient (Wildman–Crippen LogP) is 3.73. The zero-order valence-electron chi connectivity index (χ0n) is 15.6. The minimum atomic E-state index is -2.38. The van der Waals surface area contributed by atoms with Crippen LogP contribution in [0, 0.1) is 0 Å². The zero-order valence-corrected chi connectivity index (χ0v) is 16.6. The van der Waals surface area contributed by atoms with Gasteiger partial charge in [0.05, 0.1) is 0 Å². The van der Waals surface area contributed by atoms with E-state index in [-0.39, 0.29) is 5.22 Å². The van der Waals surface area contributed by atoms with Crippen LogP contribution in [0.5, 0.6) is 0 Å². The lowest BCUT2D eigenvalue weighted by atomic mass is 9.97. The third-order valence-corrected chi connectivity index (χ3v) is 9.68. The first-order valence-electron chi connectivity index (χ1n) is 9.00. The van der Waals surface area contributed by atoms with Crippen molar-refractivity contribution in [2.45, 2.75) is 76.6 Å². The summed E-state index contributed by atoms with van der Waals surface area (Å²) >= 11 is 0. The van der Waals surface area contributed by atoms with Crippen molar-refractivity contribution in [3.63, 3.8) is 0 Å². The Morgan fingerprint density at radius 3 is 2.00 bits per heavy atom. The number of nitrogens with zero attached hydrogens (tertiary/aromatic N) is 1. The number of ether oxygens (including phenoxy) is 1. The quantitative estimate of drug-likeness (QED) is 0.571. The molecule has 132 valence electrons. The van der Waals surface area contributed by atoms with Crippen molar-refractivity contribution in [2.75, 3.05) is 34.4 Å². The van der Waals surface area contributed by atoms with Gasteiger partial charge in [0.1, 0.15) is 5.22 Å². The summed E-state index contributed by atoms with van der Waals surface area (Å²) < 4.78 is 18.5. The lowest BCUT2D eigenvalue weighted by Crippen LogP contribution is -2.73. The lowest BCUT2D eigenvalue weighted by Gasteiger charge is -2.55. The Morgan fingerprint density at radius 1 is 1.00 bits per heavy atom. The van der Waals surface area contributed by atoms with E-state index in [4.69, 9.17) is 13.6 Å². The molecule has 0 amide bonds. The molecule has 0 radical (unpaired) electrons. The van der Waals surface area contributed by atoms with Crippen LogP contribution < -0.4 is 0 Å². The molecule has 1 heterocycles. The Kier molecular flexibility index (Phi) is 8.57. The van der Waals surface area contributed by atoms with Crippen LogP contribution >= 0.6 is 0 Å². The highest BCUT2D eigenvalue weighted by Gasteiger charge is 2.63. The Hall–Kier alpha value is 0.0569. The van der Waals surface area contributed by atoms with Crippen molar-refractivity contribution in [3.05, 3.63) is 0 Å². The van der Waals surface area contributed by atoms with Crippen molar-refractivity contribution in [3.8, 4) is 0 Å². The Morgan fingerprint density at radius 2 is 1.59 bits per heavy atom. The molecule has 0 N–H and O–H groups in total. The van der Waals surface area contributed by atoms with Gasteiger partial charge in [0, 0.05) is 27.4 Å². The van der Waals surface area contributed by atoms with E-state index in [0.717, 1.165) is 32.0 Å². The van der Waals surface area contributed by atoms with Crippen molar-refractivity contribution in [1.82, 2.24) is 4.90 Å². The summed E-state index contributed by atoms with van der Waals surface area (Å²) in [7, 11) is 3.14. The molecular weight excluding hydrogens is 294 g/mol. The van der Waals surface area contributed by atoms with Crippen LogP contribution in [0.25, 0.3) is 0 Å². The van der Waals surface area contributed by atoms with Crippen LogP contribution in [0.4, 0.5) is 0 Å². The standard InChI is InChI=1S/C17H37NO3Si/c1-7-12-17(19-4)16(18(13-8-2)14-9-3)11-10-15-22(17,20-5)21-6/h16H,7-15H2,1-6H3. The highest BCUT2D eigenvalue weighted by Crippen LogP contribution is 2.45. The lowest BCUT2D eigenvalue weighted by molar-refractivity contribution is -0.0740. The van der Waals surface area contributed by atoms with Crippen molar-refractivity contribution in [1.29, 1.82) is 0 Å². The molecule has 1 rings (SSSR count). The third kappa shape index (κ3) is 3.59. The van der Waals surface area contributed by atoms with E-state index < -0.39 is 8.56 Å². The smallest absolute Gasteiger partial charge is 0.372 e. The Balaban J connectivity index is 3.25. The Labute approximate surface area is 138 Å². The predicted molar refractivity (Wildman–Crippen MR) is 94.4 cm³/mol. The number of hydrogen-bond acceptors (Lipinski definition) is 4. The summed E-state index contributed by atoms with van der Waals surface area (Å²) in [5.41, 5.74) is 0. The van der Waals surface area contributed by atoms with E-state index >= 15 is 0 Å². The second kappa shape index (κ2) is 9.38. The summed E-state index contributed by atoms with van der Waals surface area (Å²) in [6.07, 6.45) is 6.84. The van der Waals surface area contributed by atoms with Crippen molar-refractivity contribution in [2.24, 2.45) is 0 Å². The zero-order chi connectivity index (χ0) is 16.6. The average molecular weight is 332 g/mol. The van der Waals surface area contributed by atoms with Gasteiger partial charge < -0.3 is 13.6 Å². The average Bonchev–Trinajstić information content (AvgIpc) is 2.55. The highest BCUT2D eigenvalue weighted by atomic mass is 28.4. The molecule has 0 bridgehead atoms. The SMILES string of the molecule is CCCN(CCC)C1CCC[Si](OC)(OC)C1(CCC)OC. The molecule has 5 heteroatoms. The van der Waals surface area contributed by atoms with Gasteiger partial charge in [-0.25, -0.2) is 0 Å². The first kappa shape index (κ1) is 20.1. The molecule has 0 aromatic rings. The minimum Gasteiger partial charge on any atom is -0.396 e. The molecule has 0 aliphatic carbocycles. The van der Waals surface area contributed by atoms with E-state index in [1.807, 2.05) is 21.3 Å². The van der Waals surface area contributed by atoms with Crippen LogP contribution in [-0.2, 0) is 13.6 Å². The fourth-order valence-corrected chi connectivity index (χ4v) is 8.59. The van der Waals surface area contributed by atoms with Gasteiger partial charge in [0.15, 0.2) is 0 Å². The van der Waals surface area contributed by atoms with Gasteiger partial charge >= 0.3 is 8.56 Å². The fraction of sp³-hybridized carbons (Fsp3) is 1.00. The molecule has 1 aliphatic rings. The van der Waals surface area contributed by atoms with Crippen molar-refractivity contribution >= 4 is 8.56 Å². The maximum absolute atomic E-state index is 6.27. The second-order valence-corrected chi connectivity index (χ2v) is 10.1. The van der Waals surface area contributed by atoms with Gasteiger partial charge in [0.2, 0.25) is 0 Å². The van der Waals surface area contributed by atoms with E-state index in [2.05, 4.69) is 25.7 Å². The van der Waals surface area contributed by atoms with Crippen LogP contribution in [0.2, 0.25) is 6.04 Å². The summed E-state index contributed by atoms with van der Waals surface area (Å²) in [5.74, 6) is 0. The largest absolute Gasteiger partial charge is 0.396 e. The normalized spacial score (nSPS) is 28.2. The summed E-state index contributed by atoms with van der Waals surface area (Å²) in [6, 6.07) is 1.45. The van der Waals surface area contributed by atoms with E-state index in [1.165, 1.54) is 25.7 Å². The third-order valence-electron chi connectivity index (χ3n) is 5.27. The van der Waals surface area contributed by atoms with Gasteiger partial charge in [-0.2, -0.15) is 0 Å². The molecule has 0 aromatic carbocycles. The molecule has 1 saturated heterocycles.